The molecular formula is C28H35N9O3S. The Morgan fingerprint density at radius 3 is 2.54 bits per heavy atom. The minimum absolute atomic E-state index is 0.0424. The third kappa shape index (κ3) is 5.01. The molecule has 0 amide bonds. The number of aryl methyl sites for hydroxylation is 1. The molecule has 13 heteroatoms. The summed E-state index contributed by atoms with van der Waals surface area (Å²) in [6.45, 7) is 7.87. The van der Waals surface area contributed by atoms with E-state index in [1.165, 1.54) is 6.42 Å². The molecule has 3 aromatic heterocycles. The molecule has 41 heavy (non-hydrogen) atoms. The van der Waals surface area contributed by atoms with Gasteiger partial charge in [0.25, 0.3) is 0 Å². The van der Waals surface area contributed by atoms with Crippen molar-refractivity contribution in [2.45, 2.75) is 38.6 Å². The molecule has 12 nitrogen and oxygen atoms in total. The summed E-state index contributed by atoms with van der Waals surface area (Å²) in [6.07, 6.45) is 5.27. The number of hydrogen-bond donors (Lipinski definition) is 1. The number of fused-ring (bicyclic) bond motifs is 2. The van der Waals surface area contributed by atoms with Crippen molar-refractivity contribution in [3.05, 3.63) is 41.6 Å². The van der Waals surface area contributed by atoms with E-state index in [4.69, 9.17) is 19.8 Å². The number of benzene rings is 1. The van der Waals surface area contributed by atoms with Gasteiger partial charge >= 0.3 is 0 Å². The minimum atomic E-state index is -3.55. The molecule has 1 aromatic carbocycles. The van der Waals surface area contributed by atoms with E-state index in [-0.39, 0.29) is 12.0 Å². The van der Waals surface area contributed by atoms with Gasteiger partial charge in [-0.15, -0.1) is 0 Å². The van der Waals surface area contributed by atoms with Crippen molar-refractivity contribution in [2.75, 3.05) is 71.6 Å². The van der Waals surface area contributed by atoms with Crippen LogP contribution in [0.1, 0.15) is 43.0 Å². The molecule has 0 aliphatic carbocycles. The van der Waals surface area contributed by atoms with Gasteiger partial charge in [0, 0.05) is 50.2 Å². The van der Waals surface area contributed by atoms with Crippen LogP contribution in [0, 0.1) is 6.92 Å². The van der Waals surface area contributed by atoms with Crippen molar-refractivity contribution >= 4 is 50.0 Å². The molecule has 0 saturated carbocycles. The van der Waals surface area contributed by atoms with Crippen molar-refractivity contribution in [1.29, 1.82) is 0 Å². The van der Waals surface area contributed by atoms with Gasteiger partial charge in [0.15, 0.2) is 5.65 Å². The molecule has 4 aromatic rings. The number of morpholine rings is 1. The monoisotopic (exact) mass is 577 g/mol. The van der Waals surface area contributed by atoms with E-state index >= 15 is 0 Å². The highest BCUT2D eigenvalue weighted by atomic mass is 32.2. The number of rotatable bonds is 6. The lowest BCUT2D eigenvalue weighted by molar-refractivity contribution is 0.122. The topological polar surface area (TPSA) is 121 Å². The van der Waals surface area contributed by atoms with Crippen LogP contribution >= 0.6 is 0 Å². The largest absolute Gasteiger partial charge is 0.378 e. The van der Waals surface area contributed by atoms with Gasteiger partial charge in [-0.25, -0.2) is 18.4 Å². The number of aromatic nitrogens is 5. The highest BCUT2D eigenvalue weighted by Gasteiger charge is 2.31. The van der Waals surface area contributed by atoms with Crippen molar-refractivity contribution < 1.29 is 13.2 Å². The lowest BCUT2D eigenvalue weighted by atomic mass is 9.98. The maximum absolute atomic E-state index is 12.1. The number of sulfonamides is 1. The third-order valence-electron chi connectivity index (χ3n) is 8.23. The number of anilines is 4. The summed E-state index contributed by atoms with van der Waals surface area (Å²) in [7, 11) is -3.55. The summed E-state index contributed by atoms with van der Waals surface area (Å²) in [5, 5.41) is 6.10. The van der Waals surface area contributed by atoms with E-state index in [0.29, 0.717) is 18.7 Å². The van der Waals surface area contributed by atoms with Crippen molar-refractivity contribution in [3.63, 3.8) is 0 Å². The summed E-state index contributed by atoms with van der Waals surface area (Å²) in [4.78, 5) is 21.3. The highest BCUT2D eigenvalue weighted by Crippen LogP contribution is 2.39. The first kappa shape index (κ1) is 26.2. The quantitative estimate of drug-likeness (QED) is 0.366. The molecule has 216 valence electrons. The van der Waals surface area contributed by atoms with Gasteiger partial charge < -0.3 is 19.4 Å². The van der Waals surface area contributed by atoms with Gasteiger partial charge in [-0.1, -0.05) is 12.1 Å². The van der Waals surface area contributed by atoms with Gasteiger partial charge in [0.2, 0.25) is 16.0 Å². The summed E-state index contributed by atoms with van der Waals surface area (Å²) in [5.41, 5.74) is 3.51. The summed E-state index contributed by atoms with van der Waals surface area (Å²) in [5.74, 6) is 2.84. The van der Waals surface area contributed by atoms with Crippen LogP contribution < -0.4 is 19.4 Å². The highest BCUT2D eigenvalue weighted by molar-refractivity contribution is 7.92. The van der Waals surface area contributed by atoms with Crippen LogP contribution in [-0.4, -0.2) is 85.2 Å². The van der Waals surface area contributed by atoms with E-state index in [1.54, 1.807) is 0 Å². The van der Waals surface area contributed by atoms with Gasteiger partial charge in [0.05, 0.1) is 36.7 Å². The summed E-state index contributed by atoms with van der Waals surface area (Å²) in [6, 6.07) is 10.1. The Hall–Kier alpha value is -3.71. The number of hydrogen-bond acceptors (Lipinski definition) is 10. The Morgan fingerprint density at radius 2 is 1.78 bits per heavy atom. The third-order valence-corrected chi connectivity index (χ3v) is 8.79. The van der Waals surface area contributed by atoms with E-state index in [9.17, 15) is 8.42 Å². The van der Waals surface area contributed by atoms with E-state index in [2.05, 4.69) is 36.5 Å². The summed E-state index contributed by atoms with van der Waals surface area (Å²) < 4.78 is 34.3. The zero-order valence-electron chi connectivity index (χ0n) is 23.5. The maximum atomic E-state index is 12.1. The molecule has 3 aliphatic rings. The van der Waals surface area contributed by atoms with Crippen LogP contribution in [0.4, 0.5) is 23.4 Å². The lowest BCUT2D eigenvalue weighted by Crippen LogP contribution is -2.40. The molecule has 3 fully saturated rings. The Kier molecular flexibility index (Phi) is 6.57. The standard InChI is InChI=1S/C28H35N9O3S/c1-19-7-5-8-20-26(19)27(31-28(29-20)33-41(2,38)39)36-12-4-3-9-22(36)21-17-24-30-23(34-10-6-11-34)18-25(37(24)32-21)35-13-15-40-16-14-35/h5,7-8,17-18,22H,3-4,6,9-16H2,1-2H3,(H,29,31,33). The average molecular weight is 578 g/mol. The van der Waals surface area contributed by atoms with Crippen LogP contribution in [0.5, 0.6) is 0 Å². The number of nitrogens with zero attached hydrogens (tertiary/aromatic N) is 8. The van der Waals surface area contributed by atoms with E-state index < -0.39 is 10.0 Å². The zero-order chi connectivity index (χ0) is 28.1. The van der Waals surface area contributed by atoms with Gasteiger partial charge in [0.1, 0.15) is 17.5 Å². The Morgan fingerprint density at radius 1 is 0.951 bits per heavy atom. The molecule has 0 bridgehead atoms. The van der Waals surface area contributed by atoms with Crippen LogP contribution in [0.15, 0.2) is 30.3 Å². The van der Waals surface area contributed by atoms with E-state index in [1.807, 2.05) is 29.6 Å². The molecule has 6 heterocycles. The lowest BCUT2D eigenvalue weighted by Gasteiger charge is -2.36. The van der Waals surface area contributed by atoms with Crippen LogP contribution in [0.2, 0.25) is 0 Å². The molecule has 0 spiro atoms. The van der Waals surface area contributed by atoms with Crippen molar-refractivity contribution in [3.8, 4) is 0 Å². The molecule has 7 rings (SSSR count). The molecule has 0 radical (unpaired) electrons. The predicted octanol–water partition coefficient (Wildman–Crippen LogP) is 3.13. The normalized spacial score (nSPS) is 20.0. The fraction of sp³-hybridized carbons (Fsp3) is 0.500. The van der Waals surface area contributed by atoms with Gasteiger partial charge in [-0.05, 0) is 44.2 Å². The maximum Gasteiger partial charge on any atom is 0.239 e. The Labute approximate surface area is 239 Å². The van der Waals surface area contributed by atoms with Crippen molar-refractivity contribution in [2.24, 2.45) is 0 Å². The smallest absolute Gasteiger partial charge is 0.239 e. The fourth-order valence-corrected chi connectivity index (χ4v) is 6.52. The van der Waals surface area contributed by atoms with Crippen LogP contribution in [0.3, 0.4) is 0 Å². The SMILES string of the molecule is Cc1cccc2nc(NS(C)(=O)=O)nc(N3CCCCC3c3cc4nc(N5CCC5)cc(N5CCOCC5)n4n3)c12. The number of piperidine rings is 1. The zero-order valence-corrected chi connectivity index (χ0v) is 24.3. The predicted molar refractivity (Wildman–Crippen MR) is 160 cm³/mol. The minimum Gasteiger partial charge on any atom is -0.378 e. The van der Waals surface area contributed by atoms with Crippen LogP contribution in [0.25, 0.3) is 16.6 Å². The van der Waals surface area contributed by atoms with Crippen LogP contribution in [-0.2, 0) is 14.8 Å². The average Bonchev–Trinajstić information content (AvgIpc) is 3.35. The molecule has 1 unspecified atom stereocenters. The number of nitrogens with one attached hydrogen (secondary N) is 1. The second-order valence-electron chi connectivity index (χ2n) is 11.2. The number of ether oxygens (including phenoxy) is 1. The van der Waals surface area contributed by atoms with Crippen molar-refractivity contribution in [1.82, 2.24) is 24.6 Å². The summed E-state index contributed by atoms with van der Waals surface area (Å²) >= 11 is 0. The molecule has 1 atom stereocenters. The first-order valence-corrected chi connectivity index (χ1v) is 16.2. The fourth-order valence-electron chi connectivity index (χ4n) is 6.09. The van der Waals surface area contributed by atoms with E-state index in [0.717, 1.165) is 98.0 Å². The first-order valence-electron chi connectivity index (χ1n) is 14.3. The first-order chi connectivity index (χ1) is 19.8. The molecule has 1 N–H and O–H groups in total. The Bertz CT molecular complexity index is 1710. The molecular weight excluding hydrogens is 542 g/mol. The molecule has 3 aliphatic heterocycles. The van der Waals surface area contributed by atoms with Gasteiger partial charge in [-0.2, -0.15) is 14.6 Å². The molecule has 3 saturated heterocycles. The second-order valence-corrected chi connectivity index (χ2v) is 12.9. The second kappa shape index (κ2) is 10.3. The Balaban J connectivity index is 1.35. The van der Waals surface area contributed by atoms with Gasteiger partial charge in [-0.3, -0.25) is 4.72 Å².